The lowest BCUT2D eigenvalue weighted by Crippen LogP contribution is -2.48. The zero-order valence-corrected chi connectivity index (χ0v) is 26.0. The van der Waals surface area contributed by atoms with Crippen LogP contribution in [0.15, 0.2) is 47.4 Å². The van der Waals surface area contributed by atoms with Crippen LogP contribution in [0.4, 0.5) is 5.95 Å². The van der Waals surface area contributed by atoms with Crippen molar-refractivity contribution in [3.8, 4) is 17.1 Å². The van der Waals surface area contributed by atoms with Crippen LogP contribution in [0.25, 0.3) is 11.3 Å². The molecule has 10 heteroatoms. The average molecular weight is 593 g/mol. The third-order valence-corrected chi connectivity index (χ3v) is 9.15. The summed E-state index contributed by atoms with van der Waals surface area (Å²) in [6.45, 7) is 13.5. The van der Waals surface area contributed by atoms with Crippen molar-refractivity contribution in [1.29, 1.82) is 0 Å². The molecule has 1 N–H and O–H groups in total. The number of hydrogen-bond acceptors (Lipinski definition) is 7. The van der Waals surface area contributed by atoms with E-state index < -0.39 is 10.0 Å². The maximum absolute atomic E-state index is 14.1. The van der Waals surface area contributed by atoms with Gasteiger partial charge in [-0.1, -0.05) is 45.0 Å². The highest BCUT2D eigenvalue weighted by molar-refractivity contribution is 7.92. The first-order chi connectivity index (χ1) is 19.8. The van der Waals surface area contributed by atoms with Gasteiger partial charge in [0, 0.05) is 29.8 Å². The predicted octanol–water partition coefficient (Wildman–Crippen LogP) is 5.69. The number of anilines is 1. The summed E-state index contributed by atoms with van der Waals surface area (Å²) >= 11 is 0. The monoisotopic (exact) mass is 592 g/mol. The highest BCUT2D eigenvalue weighted by atomic mass is 32.2. The molecule has 2 aromatic carbocycles. The van der Waals surface area contributed by atoms with E-state index in [4.69, 9.17) is 9.47 Å². The minimum atomic E-state index is -4.12. The van der Waals surface area contributed by atoms with Crippen LogP contribution in [0, 0.1) is 26.2 Å². The minimum absolute atomic E-state index is 0.0442. The molecule has 1 amide bonds. The second kappa shape index (κ2) is 11.6. The van der Waals surface area contributed by atoms with Crippen molar-refractivity contribution in [2.24, 2.45) is 5.41 Å². The predicted molar refractivity (Wildman–Crippen MR) is 162 cm³/mol. The van der Waals surface area contributed by atoms with E-state index >= 15 is 0 Å². The van der Waals surface area contributed by atoms with Crippen molar-refractivity contribution < 1.29 is 22.7 Å². The molecule has 0 aliphatic carbocycles. The number of sulfonamides is 1. The van der Waals surface area contributed by atoms with E-state index in [0.717, 1.165) is 29.5 Å². The van der Waals surface area contributed by atoms with Crippen molar-refractivity contribution >= 4 is 21.9 Å². The molecule has 1 aromatic heterocycles. The summed E-state index contributed by atoms with van der Waals surface area (Å²) in [6, 6.07) is 11.8. The van der Waals surface area contributed by atoms with Crippen LogP contribution < -0.4 is 9.46 Å². The number of aromatic nitrogens is 2. The smallest absolute Gasteiger partial charge is 0.264 e. The lowest BCUT2D eigenvalue weighted by atomic mass is 9.87. The van der Waals surface area contributed by atoms with Gasteiger partial charge in [-0.05, 0) is 74.8 Å². The minimum Gasteiger partial charge on any atom is -0.475 e. The van der Waals surface area contributed by atoms with Gasteiger partial charge >= 0.3 is 0 Å². The van der Waals surface area contributed by atoms with E-state index in [9.17, 15) is 13.2 Å². The Kier molecular flexibility index (Phi) is 8.31. The second-order valence-electron chi connectivity index (χ2n) is 12.5. The first kappa shape index (κ1) is 30.0. The maximum Gasteiger partial charge on any atom is 0.264 e. The Morgan fingerprint density at radius 1 is 1.05 bits per heavy atom. The number of carbonyl (C=O) groups excluding carboxylic acids is 1. The number of hydrogen-bond donors (Lipinski definition) is 1. The van der Waals surface area contributed by atoms with Gasteiger partial charge in [-0.2, -0.15) is 4.98 Å². The summed E-state index contributed by atoms with van der Waals surface area (Å²) in [6.07, 6.45) is 2.36. The Labute approximate surface area is 248 Å². The molecule has 5 rings (SSSR count). The molecule has 9 nitrogen and oxygen atoms in total. The Hall–Kier alpha value is -3.50. The normalized spacial score (nSPS) is 20.6. The number of rotatable bonds is 4. The fraction of sp³-hybridized carbons (Fsp3) is 0.469. The standard InChI is InChI=1S/C32H40N4O5S/c1-20-10-7-11-21(2)27(20)28-22(3)29-34-31(33-28)35-42(38,39)26-14-8-12-23(16-26)30(37)36(18-25-13-9-15-40-25)24(19-41-29)17-32(4,5)6/h7-8,10-12,14,16,24-25H,9,13,15,17-19H2,1-6H3,(H,33,34,35)/t24-,25?/m1/s1. The van der Waals surface area contributed by atoms with E-state index in [1.54, 1.807) is 12.1 Å². The van der Waals surface area contributed by atoms with Crippen molar-refractivity contribution in [2.45, 2.75) is 77.8 Å². The third-order valence-electron chi connectivity index (χ3n) is 7.82. The molecule has 0 spiro atoms. The van der Waals surface area contributed by atoms with Gasteiger partial charge in [0.2, 0.25) is 11.8 Å². The summed E-state index contributed by atoms with van der Waals surface area (Å²) in [5, 5.41) is 0. The Morgan fingerprint density at radius 3 is 2.43 bits per heavy atom. The highest BCUT2D eigenvalue weighted by Crippen LogP contribution is 2.35. The summed E-state index contributed by atoms with van der Waals surface area (Å²) in [5.74, 6) is -0.0760. The molecule has 2 aliphatic rings. The van der Waals surface area contributed by atoms with Gasteiger partial charge in [-0.15, -0.1) is 0 Å². The zero-order valence-electron chi connectivity index (χ0n) is 25.2. The van der Waals surface area contributed by atoms with E-state index in [-0.39, 0.29) is 52.4 Å². The molecule has 0 radical (unpaired) electrons. The van der Waals surface area contributed by atoms with E-state index in [0.29, 0.717) is 30.8 Å². The summed E-state index contributed by atoms with van der Waals surface area (Å²) < 4.78 is 42.1. The SMILES string of the molecule is Cc1cccc(C)c1-c1nc2nc(c1C)OC[C@@H](CC(C)(C)C)N(CC1CCCO1)C(=O)c1cccc(c1)S(=O)(=O)N2. The van der Waals surface area contributed by atoms with E-state index in [2.05, 4.69) is 35.5 Å². The van der Waals surface area contributed by atoms with Crippen LogP contribution in [-0.4, -0.2) is 61.1 Å². The number of fused-ring (bicyclic) bond motifs is 4. The molecule has 4 bridgehead atoms. The van der Waals surface area contributed by atoms with Gasteiger partial charge < -0.3 is 14.4 Å². The van der Waals surface area contributed by atoms with Crippen LogP contribution in [0.3, 0.4) is 0 Å². The van der Waals surface area contributed by atoms with Crippen LogP contribution in [-0.2, 0) is 14.8 Å². The second-order valence-corrected chi connectivity index (χ2v) is 14.2. The topological polar surface area (TPSA) is 111 Å². The van der Waals surface area contributed by atoms with Crippen LogP contribution in [0.1, 0.15) is 67.1 Å². The molecule has 0 saturated carbocycles. The molecule has 42 heavy (non-hydrogen) atoms. The molecule has 1 saturated heterocycles. The molecule has 1 fully saturated rings. The number of aryl methyl sites for hydroxylation is 2. The zero-order chi connectivity index (χ0) is 30.2. The molecule has 3 aromatic rings. The summed E-state index contributed by atoms with van der Waals surface area (Å²) in [5.41, 5.74) is 4.35. The van der Waals surface area contributed by atoms with Crippen molar-refractivity contribution in [1.82, 2.24) is 14.9 Å². The Bertz CT molecular complexity index is 1570. The van der Waals surface area contributed by atoms with Gasteiger partial charge in [0.25, 0.3) is 15.9 Å². The van der Waals surface area contributed by atoms with Crippen molar-refractivity contribution in [3.05, 3.63) is 64.7 Å². The number of amides is 1. The largest absolute Gasteiger partial charge is 0.475 e. The number of benzene rings is 2. The lowest BCUT2D eigenvalue weighted by Gasteiger charge is -2.37. The number of carbonyl (C=O) groups is 1. The average Bonchev–Trinajstić information content (AvgIpc) is 3.43. The summed E-state index contributed by atoms with van der Waals surface area (Å²) in [4.78, 5) is 25.1. The lowest BCUT2D eigenvalue weighted by molar-refractivity contribution is 0.0265. The van der Waals surface area contributed by atoms with Crippen molar-refractivity contribution in [3.63, 3.8) is 0 Å². The fourth-order valence-electron chi connectivity index (χ4n) is 5.80. The first-order valence-electron chi connectivity index (χ1n) is 14.5. The van der Waals surface area contributed by atoms with Gasteiger partial charge in [0.15, 0.2) is 0 Å². The maximum atomic E-state index is 14.1. The Morgan fingerprint density at radius 2 is 1.76 bits per heavy atom. The number of ether oxygens (including phenoxy) is 2. The van der Waals surface area contributed by atoms with Crippen LogP contribution >= 0.6 is 0 Å². The quantitative estimate of drug-likeness (QED) is 0.415. The third kappa shape index (κ3) is 6.44. The van der Waals surface area contributed by atoms with Gasteiger partial charge in [-0.3, -0.25) is 4.79 Å². The number of nitrogens with zero attached hydrogens (tertiary/aromatic N) is 3. The first-order valence-corrected chi connectivity index (χ1v) is 15.9. The summed E-state index contributed by atoms with van der Waals surface area (Å²) in [7, 11) is -4.12. The van der Waals surface area contributed by atoms with E-state index in [1.807, 2.05) is 43.9 Å². The van der Waals surface area contributed by atoms with Crippen molar-refractivity contribution in [2.75, 3.05) is 24.5 Å². The Balaban J connectivity index is 1.69. The molecular weight excluding hydrogens is 552 g/mol. The molecule has 2 atom stereocenters. The van der Waals surface area contributed by atoms with Gasteiger partial charge in [0.05, 0.1) is 22.7 Å². The number of nitrogens with one attached hydrogen (secondary N) is 1. The molecular formula is C32H40N4O5S. The fourth-order valence-corrected chi connectivity index (χ4v) is 6.79. The van der Waals surface area contributed by atoms with Crippen LogP contribution in [0.5, 0.6) is 5.88 Å². The van der Waals surface area contributed by atoms with Crippen LogP contribution in [0.2, 0.25) is 0 Å². The van der Waals surface area contributed by atoms with E-state index in [1.165, 1.54) is 12.1 Å². The highest BCUT2D eigenvalue weighted by Gasteiger charge is 2.34. The molecule has 224 valence electrons. The van der Waals surface area contributed by atoms with Gasteiger partial charge in [0.1, 0.15) is 6.61 Å². The van der Waals surface area contributed by atoms with Gasteiger partial charge in [-0.25, -0.2) is 18.1 Å². The molecule has 3 heterocycles. The molecule has 2 aliphatic heterocycles. The molecule has 1 unspecified atom stereocenters.